The van der Waals surface area contributed by atoms with E-state index >= 15 is 0 Å². The molecule has 2 aliphatic rings. The Balaban J connectivity index is 0.00000120. The molecule has 1 nitrogen and oxygen atoms in total. The summed E-state index contributed by atoms with van der Waals surface area (Å²) in [5.74, 6) is 0. The topological polar surface area (TPSA) is 3.24 Å². The van der Waals surface area contributed by atoms with Crippen molar-refractivity contribution in [3.8, 4) is 0 Å². The third-order valence-electron chi connectivity index (χ3n) is 4.35. The molecule has 0 unspecified atom stereocenters. The fourth-order valence-corrected chi connectivity index (χ4v) is 4.08. The van der Waals surface area contributed by atoms with Crippen molar-refractivity contribution in [1.82, 2.24) is 4.90 Å². The van der Waals surface area contributed by atoms with Gasteiger partial charge in [0.1, 0.15) is 0 Å². The van der Waals surface area contributed by atoms with E-state index in [9.17, 15) is 0 Å². The van der Waals surface area contributed by atoms with Crippen LogP contribution < -0.4 is 0 Å². The highest BCUT2D eigenvalue weighted by atomic mass is 79.9. The molecule has 0 amide bonds. The molecule has 3 rings (SSSR count). The van der Waals surface area contributed by atoms with E-state index in [-0.39, 0.29) is 12.4 Å². The summed E-state index contributed by atoms with van der Waals surface area (Å²) in [6.45, 7) is 1.30. The standard InChI is InChI=1S/C15H20BrN.ClH/c16-14-9-2-1-8-13(14)15-10-5-7-12-6-3-4-11-17(12)15;/h1-2,8-9,12,15H,3-7,10-11H2;1H/t12-,15+;/m1./s1. The van der Waals surface area contributed by atoms with Crippen molar-refractivity contribution < 1.29 is 0 Å². The van der Waals surface area contributed by atoms with Gasteiger partial charge in [0.2, 0.25) is 0 Å². The number of hydrogen-bond donors (Lipinski definition) is 0. The maximum atomic E-state index is 3.72. The molecule has 1 aromatic carbocycles. The Bertz CT molecular complexity index is 394. The Morgan fingerprint density at radius 2 is 1.78 bits per heavy atom. The van der Waals surface area contributed by atoms with Gasteiger partial charge in [-0.2, -0.15) is 0 Å². The largest absolute Gasteiger partial charge is 0.293 e. The summed E-state index contributed by atoms with van der Waals surface area (Å²) in [6.07, 6.45) is 8.38. The fraction of sp³-hybridized carbons (Fsp3) is 0.600. The lowest BCUT2D eigenvalue weighted by atomic mass is 9.86. The number of nitrogens with zero attached hydrogens (tertiary/aromatic N) is 1. The summed E-state index contributed by atoms with van der Waals surface area (Å²) in [5, 5.41) is 0. The Labute approximate surface area is 124 Å². The van der Waals surface area contributed by atoms with Gasteiger partial charge in [-0.15, -0.1) is 12.4 Å². The maximum Gasteiger partial charge on any atom is 0.0362 e. The lowest BCUT2D eigenvalue weighted by Gasteiger charge is -2.45. The summed E-state index contributed by atoms with van der Waals surface area (Å²) in [7, 11) is 0. The third kappa shape index (κ3) is 2.76. The van der Waals surface area contributed by atoms with Crippen molar-refractivity contribution in [1.29, 1.82) is 0 Å². The zero-order valence-electron chi connectivity index (χ0n) is 10.6. The van der Waals surface area contributed by atoms with Gasteiger partial charge in [0.25, 0.3) is 0 Å². The van der Waals surface area contributed by atoms with E-state index in [2.05, 4.69) is 45.1 Å². The van der Waals surface area contributed by atoms with E-state index in [0.29, 0.717) is 6.04 Å². The average Bonchev–Trinajstić information content (AvgIpc) is 2.39. The molecular formula is C15H21BrClN. The van der Waals surface area contributed by atoms with Gasteiger partial charge in [-0.1, -0.05) is 40.5 Å². The predicted octanol–water partition coefficient (Wildman–Crippen LogP) is 4.95. The van der Waals surface area contributed by atoms with Crippen molar-refractivity contribution in [3.05, 3.63) is 34.3 Å². The molecule has 0 aliphatic carbocycles. The number of halogens is 2. The van der Waals surface area contributed by atoms with Crippen LogP contribution in [0.1, 0.15) is 50.1 Å². The Morgan fingerprint density at radius 1 is 1.00 bits per heavy atom. The van der Waals surface area contributed by atoms with E-state index in [0.717, 1.165) is 6.04 Å². The lowest BCUT2D eigenvalue weighted by molar-refractivity contribution is 0.0515. The van der Waals surface area contributed by atoms with E-state index in [1.165, 1.54) is 55.1 Å². The molecule has 0 aromatic heterocycles. The van der Waals surface area contributed by atoms with Gasteiger partial charge in [-0.25, -0.2) is 0 Å². The van der Waals surface area contributed by atoms with Gasteiger partial charge < -0.3 is 0 Å². The number of rotatable bonds is 1. The number of hydrogen-bond acceptors (Lipinski definition) is 1. The predicted molar refractivity (Wildman–Crippen MR) is 82.3 cm³/mol. The van der Waals surface area contributed by atoms with Gasteiger partial charge in [0, 0.05) is 16.6 Å². The highest BCUT2D eigenvalue weighted by molar-refractivity contribution is 9.10. The van der Waals surface area contributed by atoms with Crippen LogP contribution in [0.3, 0.4) is 0 Å². The number of piperidine rings is 2. The van der Waals surface area contributed by atoms with Crippen molar-refractivity contribution >= 4 is 28.3 Å². The average molecular weight is 331 g/mol. The number of fused-ring (bicyclic) bond motifs is 1. The van der Waals surface area contributed by atoms with Crippen molar-refractivity contribution in [2.45, 2.75) is 50.6 Å². The lowest BCUT2D eigenvalue weighted by Crippen LogP contribution is -2.44. The molecule has 2 fully saturated rings. The van der Waals surface area contributed by atoms with Crippen LogP contribution in [0.4, 0.5) is 0 Å². The highest BCUT2D eigenvalue weighted by Crippen LogP contribution is 2.40. The minimum absolute atomic E-state index is 0. The minimum Gasteiger partial charge on any atom is -0.293 e. The first-order chi connectivity index (χ1) is 8.36. The zero-order valence-corrected chi connectivity index (χ0v) is 13.0. The van der Waals surface area contributed by atoms with Crippen LogP contribution in [-0.4, -0.2) is 17.5 Å². The van der Waals surface area contributed by atoms with E-state index in [1.54, 1.807) is 0 Å². The van der Waals surface area contributed by atoms with Crippen LogP contribution in [0.2, 0.25) is 0 Å². The minimum atomic E-state index is 0. The van der Waals surface area contributed by atoms with Crippen LogP contribution >= 0.6 is 28.3 Å². The normalized spacial score (nSPS) is 28.3. The second kappa shape index (κ2) is 6.40. The summed E-state index contributed by atoms with van der Waals surface area (Å²) in [5.41, 5.74) is 1.50. The molecule has 100 valence electrons. The summed E-state index contributed by atoms with van der Waals surface area (Å²) >= 11 is 3.72. The number of benzene rings is 1. The van der Waals surface area contributed by atoms with E-state index in [1.807, 2.05) is 0 Å². The molecule has 2 saturated heterocycles. The Kier molecular flexibility index (Phi) is 5.11. The molecule has 2 atom stereocenters. The van der Waals surface area contributed by atoms with Crippen LogP contribution in [-0.2, 0) is 0 Å². The molecule has 1 aromatic rings. The van der Waals surface area contributed by atoms with Gasteiger partial charge in [-0.05, 0) is 50.3 Å². The first-order valence-corrected chi connectivity index (χ1v) is 7.66. The van der Waals surface area contributed by atoms with Gasteiger partial charge in [-0.3, -0.25) is 4.90 Å². The van der Waals surface area contributed by atoms with Gasteiger partial charge in [0.05, 0.1) is 0 Å². The molecule has 18 heavy (non-hydrogen) atoms. The Morgan fingerprint density at radius 3 is 2.61 bits per heavy atom. The zero-order chi connectivity index (χ0) is 11.7. The summed E-state index contributed by atoms with van der Waals surface area (Å²) in [4.78, 5) is 2.77. The smallest absolute Gasteiger partial charge is 0.0362 e. The van der Waals surface area contributed by atoms with Gasteiger partial charge >= 0.3 is 0 Å². The van der Waals surface area contributed by atoms with Crippen LogP contribution in [0.15, 0.2) is 28.7 Å². The summed E-state index contributed by atoms with van der Waals surface area (Å²) < 4.78 is 1.29. The second-order valence-electron chi connectivity index (χ2n) is 5.36. The molecule has 3 heteroatoms. The fourth-order valence-electron chi connectivity index (χ4n) is 3.54. The molecular weight excluding hydrogens is 310 g/mol. The van der Waals surface area contributed by atoms with Crippen molar-refractivity contribution in [2.24, 2.45) is 0 Å². The van der Waals surface area contributed by atoms with Crippen molar-refractivity contribution in [2.75, 3.05) is 6.54 Å². The second-order valence-corrected chi connectivity index (χ2v) is 6.21. The van der Waals surface area contributed by atoms with Crippen LogP contribution in [0, 0.1) is 0 Å². The highest BCUT2D eigenvalue weighted by Gasteiger charge is 2.33. The van der Waals surface area contributed by atoms with Crippen LogP contribution in [0.25, 0.3) is 0 Å². The van der Waals surface area contributed by atoms with Gasteiger partial charge in [0.15, 0.2) is 0 Å². The summed E-state index contributed by atoms with van der Waals surface area (Å²) in [6, 6.07) is 10.3. The first-order valence-electron chi connectivity index (χ1n) is 6.86. The maximum absolute atomic E-state index is 3.72. The molecule has 2 aliphatic heterocycles. The monoisotopic (exact) mass is 329 g/mol. The van der Waals surface area contributed by atoms with Crippen molar-refractivity contribution in [3.63, 3.8) is 0 Å². The molecule has 2 heterocycles. The molecule has 0 N–H and O–H groups in total. The SMILES string of the molecule is Brc1ccccc1[C@@H]1CCC[C@H]2CCCCN21.Cl. The Hall–Kier alpha value is -0.0500. The molecule has 0 saturated carbocycles. The third-order valence-corrected chi connectivity index (χ3v) is 5.07. The van der Waals surface area contributed by atoms with E-state index < -0.39 is 0 Å². The molecule has 0 radical (unpaired) electrons. The molecule has 0 bridgehead atoms. The van der Waals surface area contributed by atoms with Crippen LogP contribution in [0.5, 0.6) is 0 Å². The van der Waals surface area contributed by atoms with E-state index in [4.69, 9.17) is 0 Å². The molecule has 0 spiro atoms. The first kappa shape index (κ1) is 14.4. The quantitative estimate of drug-likeness (QED) is 0.704.